The summed E-state index contributed by atoms with van der Waals surface area (Å²) in [6, 6.07) is 0. The maximum absolute atomic E-state index is 11.9. The van der Waals surface area contributed by atoms with Gasteiger partial charge >= 0.3 is 0 Å². The molecule has 1 rings (SSSR count). The van der Waals surface area contributed by atoms with Crippen LogP contribution in [0.25, 0.3) is 0 Å². The van der Waals surface area contributed by atoms with E-state index in [0.717, 1.165) is 32.2 Å². The Morgan fingerprint density at radius 1 is 1.40 bits per heavy atom. The first kappa shape index (κ1) is 17.5. The summed E-state index contributed by atoms with van der Waals surface area (Å²) in [6.45, 7) is 3.25. The van der Waals surface area contributed by atoms with E-state index in [1.807, 2.05) is 6.92 Å². The van der Waals surface area contributed by atoms with Crippen molar-refractivity contribution in [3.8, 4) is 0 Å². The van der Waals surface area contributed by atoms with Gasteiger partial charge in [0.2, 0.25) is 22.9 Å². The molecule has 0 saturated carbocycles. The van der Waals surface area contributed by atoms with E-state index in [-0.39, 0.29) is 23.5 Å². The van der Waals surface area contributed by atoms with Gasteiger partial charge in [0.15, 0.2) is 0 Å². The Hall–Kier alpha value is -0.595. The van der Waals surface area contributed by atoms with Crippen molar-refractivity contribution >= 4 is 45.2 Å². The van der Waals surface area contributed by atoms with Crippen molar-refractivity contribution in [2.45, 2.75) is 51.3 Å². The number of unbranched alkanes of at least 4 members (excludes halogenated alkanes) is 2. The topological polar surface area (TPSA) is 66.5 Å². The molecule has 1 fully saturated rings. The zero-order valence-corrected chi connectivity index (χ0v) is 14.1. The lowest BCUT2D eigenvalue weighted by Crippen LogP contribution is -2.31. The third-order valence-corrected chi connectivity index (χ3v) is 4.44. The fourth-order valence-corrected chi connectivity index (χ4v) is 2.88. The normalized spacial score (nSPS) is 18.5. The number of nitrogens with zero attached hydrogens (tertiary/aromatic N) is 1. The molecule has 0 spiro atoms. The Bertz CT molecular complexity index is 366. The van der Waals surface area contributed by atoms with Gasteiger partial charge in [-0.25, -0.2) is 0 Å². The quantitative estimate of drug-likeness (QED) is 0.279. The van der Waals surface area contributed by atoms with Crippen LogP contribution in [0.1, 0.15) is 45.4 Å². The van der Waals surface area contributed by atoms with Crippen LogP contribution in [0, 0.1) is 0 Å². The van der Waals surface area contributed by atoms with Crippen LogP contribution >= 0.6 is 22.4 Å². The molecule has 3 amide bonds. The summed E-state index contributed by atoms with van der Waals surface area (Å²) in [5.74, 6) is -0.101. The maximum Gasteiger partial charge on any atom is 0.229 e. The van der Waals surface area contributed by atoms with Gasteiger partial charge in [0.1, 0.15) is 0 Å². The summed E-state index contributed by atoms with van der Waals surface area (Å²) < 4.78 is 0. The minimum atomic E-state index is -0.122. The molecule has 1 heterocycles. The predicted octanol–water partition coefficient (Wildman–Crippen LogP) is 1.41. The molecule has 0 aromatic carbocycles. The lowest BCUT2D eigenvalue weighted by atomic mass is 9.86. The molecule has 1 atom stereocenters. The molecular weight excluding hydrogens is 370 g/mol. The van der Waals surface area contributed by atoms with E-state index in [2.05, 4.69) is 27.7 Å². The summed E-state index contributed by atoms with van der Waals surface area (Å²) in [5, 5.41) is 3.54. The van der Waals surface area contributed by atoms with Gasteiger partial charge in [-0.2, -0.15) is 22.4 Å². The van der Waals surface area contributed by atoms with Crippen LogP contribution in [-0.4, -0.2) is 40.8 Å². The minimum Gasteiger partial charge on any atom is -0.356 e. The first-order valence-corrected chi connectivity index (χ1v) is 8.79. The number of rotatable bonds is 9. The first-order chi connectivity index (χ1) is 9.60. The predicted molar refractivity (Wildman–Crippen MR) is 88.0 cm³/mol. The van der Waals surface area contributed by atoms with E-state index < -0.39 is 0 Å². The van der Waals surface area contributed by atoms with Crippen molar-refractivity contribution in [1.29, 1.82) is 0 Å². The zero-order valence-electron chi connectivity index (χ0n) is 12.0. The van der Waals surface area contributed by atoms with Gasteiger partial charge in [-0.05, 0) is 19.3 Å². The molecule has 112 valence electrons. The lowest BCUT2D eigenvalue weighted by Gasteiger charge is -2.14. The number of hydrogen-bond donors (Lipinski definition) is 1. The van der Waals surface area contributed by atoms with Crippen molar-refractivity contribution in [3.63, 3.8) is 0 Å². The average molecular weight is 392 g/mol. The molecule has 0 aromatic rings. The third kappa shape index (κ3) is 5.42. The van der Waals surface area contributed by atoms with Crippen molar-refractivity contribution in [2.24, 2.45) is 0 Å². The van der Waals surface area contributed by atoms with Crippen molar-refractivity contribution in [2.75, 3.05) is 13.1 Å². The van der Waals surface area contributed by atoms with E-state index in [9.17, 15) is 14.4 Å². The molecule has 1 aliphatic rings. The Morgan fingerprint density at radius 2 is 2.15 bits per heavy atom. The molecule has 1 unspecified atom stereocenters. The Morgan fingerprint density at radius 3 is 2.75 bits per heavy atom. The van der Waals surface area contributed by atoms with E-state index in [0.29, 0.717) is 24.5 Å². The second-order valence-electron chi connectivity index (χ2n) is 5.10. The number of carbonyl (C=O) groups excluding carboxylic acids is 3. The number of amides is 3. The average Bonchev–Trinajstić information content (AvgIpc) is 2.71. The fourth-order valence-electron chi connectivity index (χ4n) is 2.19. The molecule has 5 nitrogen and oxygen atoms in total. The van der Waals surface area contributed by atoms with Crippen LogP contribution in [0.4, 0.5) is 0 Å². The van der Waals surface area contributed by atoms with Crippen LogP contribution in [0.15, 0.2) is 0 Å². The maximum atomic E-state index is 11.9. The molecule has 0 bridgehead atoms. The van der Waals surface area contributed by atoms with Crippen LogP contribution in [0.2, 0.25) is 5.82 Å². The highest BCUT2D eigenvalue weighted by atomic mass is 127. The van der Waals surface area contributed by atoms with Gasteiger partial charge in [-0.1, -0.05) is 13.3 Å². The van der Waals surface area contributed by atoms with Gasteiger partial charge < -0.3 is 5.32 Å². The largest absolute Gasteiger partial charge is 0.356 e. The second-order valence-corrected chi connectivity index (χ2v) is 5.98. The number of halogens is 1. The van der Waals surface area contributed by atoms with Gasteiger partial charge in [0, 0.05) is 31.7 Å². The number of carbonyl (C=O) groups is 3. The summed E-state index contributed by atoms with van der Waals surface area (Å²) in [7, 11) is 0. The van der Waals surface area contributed by atoms with Crippen LogP contribution in [-0.2, 0) is 14.4 Å². The molecule has 20 heavy (non-hydrogen) atoms. The highest BCUT2D eigenvalue weighted by Crippen LogP contribution is 2.25. The second kappa shape index (κ2) is 9.36. The van der Waals surface area contributed by atoms with E-state index in [1.165, 1.54) is 4.90 Å². The monoisotopic (exact) mass is 392 g/mol. The molecule has 0 radical (unpaired) electrons. The molecule has 1 saturated heterocycles. The number of hydrogen-bond acceptors (Lipinski definition) is 3. The smallest absolute Gasteiger partial charge is 0.229 e. The minimum absolute atomic E-state index is 0.0231. The first-order valence-electron chi connectivity index (χ1n) is 7.27. The Balaban J connectivity index is 2.14. The number of imide groups is 1. The lowest BCUT2D eigenvalue weighted by molar-refractivity contribution is -0.138. The summed E-state index contributed by atoms with van der Waals surface area (Å²) in [4.78, 5) is 36.3. The van der Waals surface area contributed by atoms with Crippen LogP contribution < -0.4 is 5.32 Å². The highest BCUT2D eigenvalue weighted by molar-refractivity contribution is 14.1. The molecule has 1 aliphatic heterocycles. The number of likely N-dealkylation sites (tertiary alicyclic amines) is 1. The third-order valence-electron chi connectivity index (χ3n) is 3.38. The number of nitrogens with one attached hydrogen (secondary N) is 1. The Kier molecular flexibility index (Phi) is 8.17. The van der Waals surface area contributed by atoms with E-state index >= 15 is 0 Å². The van der Waals surface area contributed by atoms with Gasteiger partial charge in [-0.15, -0.1) is 0 Å². The summed E-state index contributed by atoms with van der Waals surface area (Å²) in [5.41, 5.74) is 0. The van der Waals surface area contributed by atoms with Gasteiger partial charge in [-0.3, -0.25) is 19.3 Å². The highest BCUT2D eigenvalue weighted by Gasteiger charge is 2.37. The van der Waals surface area contributed by atoms with E-state index in [1.54, 1.807) is 0 Å². The van der Waals surface area contributed by atoms with Crippen molar-refractivity contribution in [1.82, 2.24) is 10.2 Å². The molecule has 1 N–H and O–H groups in total. The fraction of sp³-hybridized carbons (Fsp3) is 0.769. The summed E-state index contributed by atoms with van der Waals surface area (Å²) >= 11 is 2.15. The molecule has 0 aromatic heterocycles. The Labute approximate surface area is 134 Å². The molecule has 7 heteroatoms. The molecular formula is C13H22BIN2O3. The van der Waals surface area contributed by atoms with Gasteiger partial charge in [0.25, 0.3) is 0 Å². The molecule has 0 aliphatic carbocycles. The SMILES string of the molecule is CCCNC(=O)CCCCCN1C(=O)CC(BI)C1=O. The zero-order chi connectivity index (χ0) is 15.0. The van der Waals surface area contributed by atoms with Crippen molar-refractivity contribution < 1.29 is 14.4 Å². The van der Waals surface area contributed by atoms with Crippen molar-refractivity contribution in [3.05, 3.63) is 0 Å². The van der Waals surface area contributed by atoms with Crippen LogP contribution in [0.5, 0.6) is 0 Å². The summed E-state index contributed by atoms with van der Waals surface area (Å²) in [6.07, 6.45) is 4.29. The van der Waals surface area contributed by atoms with Gasteiger partial charge in [0.05, 0.1) is 0 Å². The standard InChI is InChI=1S/C13H22BIN2O3/c1-2-7-16-11(18)6-4-3-5-8-17-12(19)9-10(14-15)13(17)20/h10,14H,2-9H2,1H3,(H,16,18). The van der Waals surface area contributed by atoms with E-state index in [4.69, 9.17) is 0 Å². The van der Waals surface area contributed by atoms with Crippen LogP contribution in [0.3, 0.4) is 0 Å².